The lowest BCUT2D eigenvalue weighted by Gasteiger charge is -2.24. The Bertz CT molecular complexity index is 973. The van der Waals surface area contributed by atoms with Gasteiger partial charge in [0.05, 0.1) is 13.0 Å². The monoisotopic (exact) mass is 385 g/mol. The summed E-state index contributed by atoms with van der Waals surface area (Å²) >= 11 is 0. The van der Waals surface area contributed by atoms with E-state index < -0.39 is 12.0 Å². The number of methoxy groups -OCH3 is 1. The van der Waals surface area contributed by atoms with Crippen molar-refractivity contribution in [3.8, 4) is 0 Å². The largest absolute Gasteiger partial charge is 0.468 e. The summed E-state index contributed by atoms with van der Waals surface area (Å²) in [5, 5.41) is 3.41. The molecule has 3 aromatic carbocycles. The molecule has 0 unspecified atom stereocenters. The van der Waals surface area contributed by atoms with Crippen LogP contribution in [0.15, 0.2) is 91.0 Å². The van der Waals surface area contributed by atoms with Gasteiger partial charge in [0, 0.05) is 17.5 Å². The lowest BCUT2D eigenvalue weighted by molar-refractivity contribution is -0.143. The van der Waals surface area contributed by atoms with Crippen LogP contribution < -0.4 is 5.32 Å². The Hall–Kier alpha value is -3.24. The number of benzene rings is 3. The number of nitrogens with one attached hydrogen (secondary N) is 1. The first-order valence-electron chi connectivity index (χ1n) is 9.73. The van der Waals surface area contributed by atoms with Crippen LogP contribution in [0.2, 0.25) is 0 Å². The SMILES string of the molecule is COC(=O)[C@@H]1N[C@H](c2ccccc2)[C@H](C(=O)c2ccccc2)[C@H]1c1ccccc1. The molecule has 0 bridgehead atoms. The smallest absolute Gasteiger partial charge is 0.323 e. The molecule has 1 aliphatic heterocycles. The molecule has 4 nitrogen and oxygen atoms in total. The average Bonchev–Trinajstić information content (AvgIpc) is 3.20. The zero-order valence-electron chi connectivity index (χ0n) is 16.2. The van der Waals surface area contributed by atoms with Gasteiger partial charge in [0.1, 0.15) is 6.04 Å². The van der Waals surface area contributed by atoms with Gasteiger partial charge in [0.15, 0.2) is 5.78 Å². The molecule has 4 atom stereocenters. The van der Waals surface area contributed by atoms with Crippen molar-refractivity contribution in [3.05, 3.63) is 108 Å². The minimum absolute atomic E-state index is 0.0206. The van der Waals surface area contributed by atoms with Crippen LogP contribution in [-0.4, -0.2) is 24.9 Å². The highest BCUT2D eigenvalue weighted by atomic mass is 16.5. The molecule has 146 valence electrons. The Morgan fingerprint density at radius 3 is 1.83 bits per heavy atom. The van der Waals surface area contributed by atoms with Crippen molar-refractivity contribution in [1.82, 2.24) is 5.32 Å². The Morgan fingerprint density at radius 2 is 1.28 bits per heavy atom. The second kappa shape index (κ2) is 8.41. The zero-order chi connectivity index (χ0) is 20.2. The Balaban J connectivity index is 1.85. The number of hydrogen-bond acceptors (Lipinski definition) is 4. The molecular formula is C25H23NO3. The summed E-state index contributed by atoms with van der Waals surface area (Å²) in [5.74, 6) is -1.11. The predicted molar refractivity (Wildman–Crippen MR) is 112 cm³/mol. The minimum atomic E-state index is -0.606. The third kappa shape index (κ3) is 3.71. The van der Waals surface area contributed by atoms with Crippen molar-refractivity contribution in [2.75, 3.05) is 7.11 Å². The van der Waals surface area contributed by atoms with Gasteiger partial charge in [-0.1, -0.05) is 91.0 Å². The van der Waals surface area contributed by atoms with E-state index in [1.165, 1.54) is 7.11 Å². The van der Waals surface area contributed by atoms with E-state index in [0.29, 0.717) is 5.56 Å². The Morgan fingerprint density at radius 1 is 0.759 bits per heavy atom. The van der Waals surface area contributed by atoms with E-state index in [2.05, 4.69) is 5.32 Å². The van der Waals surface area contributed by atoms with Gasteiger partial charge in [-0.3, -0.25) is 14.9 Å². The molecule has 0 saturated carbocycles. The van der Waals surface area contributed by atoms with E-state index in [-0.39, 0.29) is 23.7 Å². The molecule has 0 radical (unpaired) electrons. The van der Waals surface area contributed by atoms with Gasteiger partial charge in [-0.2, -0.15) is 0 Å². The molecular weight excluding hydrogens is 362 g/mol. The number of rotatable bonds is 5. The summed E-state index contributed by atoms with van der Waals surface area (Å²) < 4.78 is 5.09. The Labute approximate surface area is 170 Å². The number of ether oxygens (including phenoxy) is 1. The van der Waals surface area contributed by atoms with Crippen molar-refractivity contribution in [2.45, 2.75) is 18.0 Å². The molecule has 0 aliphatic carbocycles. The number of esters is 1. The highest BCUT2D eigenvalue weighted by Crippen LogP contribution is 2.45. The molecule has 3 aromatic rings. The first-order valence-corrected chi connectivity index (χ1v) is 9.73. The first-order chi connectivity index (χ1) is 14.2. The maximum atomic E-state index is 13.7. The minimum Gasteiger partial charge on any atom is -0.468 e. The number of carbonyl (C=O) groups excluding carboxylic acids is 2. The van der Waals surface area contributed by atoms with E-state index in [1.807, 2.05) is 91.0 Å². The summed E-state index contributed by atoms with van der Waals surface area (Å²) in [6.07, 6.45) is 0. The fraction of sp³-hybridized carbons (Fsp3) is 0.200. The average molecular weight is 385 g/mol. The molecule has 1 N–H and O–H groups in total. The number of hydrogen-bond donors (Lipinski definition) is 1. The third-order valence-electron chi connectivity index (χ3n) is 5.62. The molecule has 1 fully saturated rings. The fourth-order valence-electron chi connectivity index (χ4n) is 4.31. The summed E-state index contributed by atoms with van der Waals surface area (Å²) in [4.78, 5) is 26.4. The van der Waals surface area contributed by atoms with Gasteiger partial charge in [-0.05, 0) is 11.1 Å². The van der Waals surface area contributed by atoms with Gasteiger partial charge in [-0.15, -0.1) is 0 Å². The zero-order valence-corrected chi connectivity index (χ0v) is 16.2. The van der Waals surface area contributed by atoms with Crippen LogP contribution >= 0.6 is 0 Å². The normalized spacial score (nSPS) is 23.5. The summed E-state index contributed by atoms with van der Waals surface area (Å²) in [5.41, 5.74) is 2.57. The molecule has 0 amide bonds. The predicted octanol–water partition coefficient (Wildman–Crippen LogP) is 4.16. The van der Waals surface area contributed by atoms with Crippen molar-refractivity contribution in [2.24, 2.45) is 5.92 Å². The topological polar surface area (TPSA) is 55.4 Å². The summed E-state index contributed by atoms with van der Waals surface area (Å²) in [6, 6.07) is 28.0. The lowest BCUT2D eigenvalue weighted by Crippen LogP contribution is -2.36. The van der Waals surface area contributed by atoms with Crippen molar-refractivity contribution in [1.29, 1.82) is 0 Å². The third-order valence-corrected chi connectivity index (χ3v) is 5.62. The van der Waals surface area contributed by atoms with Gasteiger partial charge < -0.3 is 4.74 Å². The second-order valence-corrected chi connectivity index (χ2v) is 7.25. The maximum Gasteiger partial charge on any atom is 0.323 e. The molecule has 1 aliphatic rings. The number of carbonyl (C=O) groups is 2. The summed E-state index contributed by atoms with van der Waals surface area (Å²) in [6.45, 7) is 0. The first kappa shape index (κ1) is 19.1. The van der Waals surface area contributed by atoms with Crippen LogP contribution in [0.5, 0.6) is 0 Å². The Kier molecular flexibility index (Phi) is 5.54. The number of ketones is 1. The van der Waals surface area contributed by atoms with Crippen molar-refractivity contribution >= 4 is 11.8 Å². The highest BCUT2D eigenvalue weighted by molar-refractivity contribution is 6.00. The molecule has 1 saturated heterocycles. The molecule has 1 heterocycles. The molecule has 4 heteroatoms. The van der Waals surface area contributed by atoms with Gasteiger partial charge in [0.2, 0.25) is 0 Å². The van der Waals surface area contributed by atoms with Crippen LogP contribution in [0.25, 0.3) is 0 Å². The van der Waals surface area contributed by atoms with Gasteiger partial charge in [-0.25, -0.2) is 0 Å². The summed E-state index contributed by atoms with van der Waals surface area (Å²) in [7, 11) is 1.38. The van der Waals surface area contributed by atoms with Crippen LogP contribution in [0, 0.1) is 5.92 Å². The molecule has 4 rings (SSSR count). The number of Topliss-reactive ketones (excluding diaryl/α,β-unsaturated/α-hetero) is 1. The highest BCUT2D eigenvalue weighted by Gasteiger charge is 2.51. The molecule has 0 aromatic heterocycles. The van der Waals surface area contributed by atoms with Crippen LogP contribution in [0.3, 0.4) is 0 Å². The van der Waals surface area contributed by atoms with Crippen molar-refractivity contribution in [3.63, 3.8) is 0 Å². The second-order valence-electron chi connectivity index (χ2n) is 7.25. The van der Waals surface area contributed by atoms with E-state index in [1.54, 1.807) is 0 Å². The molecule has 0 spiro atoms. The van der Waals surface area contributed by atoms with Crippen LogP contribution in [0.4, 0.5) is 0 Å². The molecule has 29 heavy (non-hydrogen) atoms. The van der Waals surface area contributed by atoms with E-state index in [4.69, 9.17) is 4.74 Å². The quantitative estimate of drug-likeness (QED) is 0.529. The van der Waals surface area contributed by atoms with E-state index in [9.17, 15) is 9.59 Å². The maximum absolute atomic E-state index is 13.7. The van der Waals surface area contributed by atoms with Gasteiger partial charge >= 0.3 is 5.97 Å². The lowest BCUT2D eigenvalue weighted by atomic mass is 9.76. The van der Waals surface area contributed by atoms with Crippen LogP contribution in [0.1, 0.15) is 33.4 Å². The van der Waals surface area contributed by atoms with E-state index >= 15 is 0 Å². The van der Waals surface area contributed by atoms with Gasteiger partial charge in [0.25, 0.3) is 0 Å². The van der Waals surface area contributed by atoms with Crippen molar-refractivity contribution < 1.29 is 14.3 Å². The van der Waals surface area contributed by atoms with Crippen LogP contribution in [-0.2, 0) is 9.53 Å². The fourth-order valence-corrected chi connectivity index (χ4v) is 4.31. The standard InChI is InChI=1S/C25H23NO3/c1-29-25(28)23-20(17-11-5-2-6-12-17)21(24(27)19-15-9-4-10-16-19)22(26-23)18-13-7-3-8-14-18/h2-16,20-23,26H,1H3/t20-,21-,22-,23-/m1/s1. The van der Waals surface area contributed by atoms with E-state index in [0.717, 1.165) is 11.1 Å².